The van der Waals surface area contributed by atoms with Crippen LogP contribution < -0.4 is 9.64 Å². The van der Waals surface area contributed by atoms with Crippen molar-refractivity contribution in [1.82, 2.24) is 4.31 Å². The van der Waals surface area contributed by atoms with E-state index < -0.39 is 34.5 Å². The molecule has 1 amide bonds. The molecular weight excluding hydrogens is 480 g/mol. The Morgan fingerprint density at radius 3 is 2.22 bits per heavy atom. The summed E-state index contributed by atoms with van der Waals surface area (Å²) in [5, 5.41) is 0. The number of nitrogens with zero attached hydrogens (tertiary/aromatic N) is 2. The molecule has 8 nitrogen and oxygen atoms in total. The molecule has 3 aromatic carbocycles. The van der Waals surface area contributed by atoms with E-state index in [1.54, 1.807) is 36.4 Å². The van der Waals surface area contributed by atoms with Crippen LogP contribution in [-0.2, 0) is 30.9 Å². The fourth-order valence-corrected chi connectivity index (χ4v) is 5.32. The highest BCUT2D eigenvalue weighted by molar-refractivity contribution is 7.89. The van der Waals surface area contributed by atoms with E-state index in [9.17, 15) is 18.0 Å². The monoisotopic (exact) mass is 508 g/mol. The molecule has 1 atom stereocenters. The van der Waals surface area contributed by atoms with Gasteiger partial charge in [0.25, 0.3) is 0 Å². The first-order chi connectivity index (χ1) is 17.2. The third-order valence-electron chi connectivity index (χ3n) is 5.99. The van der Waals surface area contributed by atoms with Crippen molar-refractivity contribution in [2.45, 2.75) is 31.4 Å². The molecule has 0 aliphatic carbocycles. The largest absolute Gasteiger partial charge is 0.475 e. The quantitative estimate of drug-likeness (QED) is 0.454. The van der Waals surface area contributed by atoms with Crippen LogP contribution >= 0.6 is 0 Å². The number of ether oxygens (including phenoxy) is 2. The molecule has 0 radical (unpaired) electrons. The number of carbonyl (C=O) groups excluding carboxylic acids is 2. The van der Waals surface area contributed by atoms with Crippen molar-refractivity contribution in [2.24, 2.45) is 0 Å². The number of anilines is 1. The van der Waals surface area contributed by atoms with E-state index in [4.69, 9.17) is 9.47 Å². The van der Waals surface area contributed by atoms with Gasteiger partial charge in [0.05, 0.1) is 30.8 Å². The molecule has 188 valence electrons. The van der Waals surface area contributed by atoms with Crippen LogP contribution in [0.2, 0.25) is 0 Å². The van der Waals surface area contributed by atoms with Crippen LogP contribution in [0.1, 0.15) is 16.7 Å². The number of esters is 1. The van der Waals surface area contributed by atoms with Crippen molar-refractivity contribution >= 4 is 27.6 Å². The smallest absolute Gasteiger partial charge is 0.348 e. The average molecular weight is 509 g/mol. The number of carbonyl (C=O) groups is 2. The SMILES string of the molecule is COC(=O)[C@@H]1CN(C(=O)CN(Cc2ccc(C)cc2)S(=O)(=O)c2ccc(C)cc2)c2ccccc2O1. The van der Waals surface area contributed by atoms with Gasteiger partial charge in [0.15, 0.2) is 0 Å². The topological polar surface area (TPSA) is 93.2 Å². The number of para-hydroxylation sites is 2. The number of amides is 1. The Bertz CT molecular complexity index is 1350. The predicted molar refractivity (Wildman–Crippen MR) is 135 cm³/mol. The molecule has 0 fully saturated rings. The van der Waals surface area contributed by atoms with E-state index >= 15 is 0 Å². The molecule has 0 aromatic heterocycles. The van der Waals surface area contributed by atoms with Crippen molar-refractivity contribution in [2.75, 3.05) is 25.1 Å². The fourth-order valence-electron chi connectivity index (χ4n) is 3.94. The third kappa shape index (κ3) is 5.42. The summed E-state index contributed by atoms with van der Waals surface area (Å²) in [6.45, 7) is 3.31. The molecular formula is C27H28N2O6S. The lowest BCUT2D eigenvalue weighted by atomic mass is 10.1. The maximum absolute atomic E-state index is 13.7. The summed E-state index contributed by atoms with van der Waals surface area (Å²) in [5.74, 6) is -0.757. The molecule has 4 rings (SSSR count). The second kappa shape index (κ2) is 10.5. The van der Waals surface area contributed by atoms with Gasteiger partial charge in [-0.25, -0.2) is 13.2 Å². The van der Waals surface area contributed by atoms with E-state index in [2.05, 4.69) is 0 Å². The van der Waals surface area contributed by atoms with Crippen molar-refractivity contribution in [1.29, 1.82) is 0 Å². The van der Waals surface area contributed by atoms with Crippen LogP contribution in [0, 0.1) is 13.8 Å². The van der Waals surface area contributed by atoms with E-state index in [0.717, 1.165) is 21.0 Å². The number of hydrogen-bond acceptors (Lipinski definition) is 6. The second-order valence-corrected chi connectivity index (χ2v) is 10.6. The molecule has 1 aliphatic rings. The van der Waals surface area contributed by atoms with Gasteiger partial charge in [0.1, 0.15) is 5.75 Å². The molecule has 9 heteroatoms. The highest BCUT2D eigenvalue weighted by Crippen LogP contribution is 2.34. The number of sulfonamides is 1. The van der Waals surface area contributed by atoms with E-state index in [1.165, 1.54) is 24.1 Å². The number of aryl methyl sites for hydroxylation is 2. The van der Waals surface area contributed by atoms with Gasteiger partial charge in [-0.1, -0.05) is 59.7 Å². The summed E-state index contributed by atoms with van der Waals surface area (Å²) >= 11 is 0. The first-order valence-electron chi connectivity index (χ1n) is 11.5. The zero-order chi connectivity index (χ0) is 25.9. The van der Waals surface area contributed by atoms with E-state index in [0.29, 0.717) is 11.4 Å². The van der Waals surface area contributed by atoms with Crippen LogP contribution in [-0.4, -0.2) is 50.9 Å². The fraction of sp³-hybridized carbons (Fsp3) is 0.259. The molecule has 0 unspecified atom stereocenters. The zero-order valence-corrected chi connectivity index (χ0v) is 21.2. The summed E-state index contributed by atoms with van der Waals surface area (Å²) in [4.78, 5) is 27.3. The number of fused-ring (bicyclic) bond motifs is 1. The van der Waals surface area contributed by atoms with Crippen LogP contribution in [0.5, 0.6) is 5.75 Å². The maximum Gasteiger partial charge on any atom is 0.348 e. The Labute approximate surface area is 211 Å². The van der Waals surface area contributed by atoms with E-state index in [-0.39, 0.29) is 18.0 Å². The van der Waals surface area contributed by atoms with Gasteiger partial charge in [0.2, 0.25) is 22.0 Å². The maximum atomic E-state index is 13.7. The minimum Gasteiger partial charge on any atom is -0.475 e. The van der Waals surface area contributed by atoms with Crippen LogP contribution in [0.25, 0.3) is 0 Å². The summed E-state index contributed by atoms with van der Waals surface area (Å²) in [7, 11) is -2.76. The molecule has 0 N–H and O–H groups in total. The van der Waals surface area contributed by atoms with Crippen LogP contribution in [0.3, 0.4) is 0 Å². The van der Waals surface area contributed by atoms with E-state index in [1.807, 2.05) is 38.1 Å². The zero-order valence-electron chi connectivity index (χ0n) is 20.4. The molecule has 3 aromatic rings. The van der Waals surface area contributed by atoms with Crippen LogP contribution in [0.4, 0.5) is 5.69 Å². The summed E-state index contributed by atoms with van der Waals surface area (Å²) in [6, 6.07) is 20.8. The lowest BCUT2D eigenvalue weighted by Crippen LogP contribution is -2.50. The highest BCUT2D eigenvalue weighted by Gasteiger charge is 2.36. The van der Waals surface area contributed by atoms with Crippen LogP contribution in [0.15, 0.2) is 77.7 Å². The predicted octanol–water partition coefficient (Wildman–Crippen LogP) is 3.46. The van der Waals surface area contributed by atoms with Crippen molar-refractivity contribution in [3.05, 3.63) is 89.5 Å². The molecule has 0 saturated heterocycles. The van der Waals surface area contributed by atoms with Crippen molar-refractivity contribution in [3.8, 4) is 5.75 Å². The van der Waals surface area contributed by atoms with Crippen molar-refractivity contribution < 1.29 is 27.5 Å². The van der Waals surface area contributed by atoms with Gasteiger partial charge in [-0.2, -0.15) is 4.31 Å². The van der Waals surface area contributed by atoms with Gasteiger partial charge in [-0.05, 0) is 43.7 Å². The second-order valence-electron chi connectivity index (χ2n) is 8.67. The van der Waals surface area contributed by atoms with Gasteiger partial charge in [-0.3, -0.25) is 4.79 Å². The standard InChI is InChI=1S/C27H28N2O6S/c1-19-8-12-21(13-9-19)16-28(36(32,33)22-14-10-20(2)11-15-22)18-26(30)29-17-25(27(31)34-3)35-24-7-5-4-6-23(24)29/h4-15,25H,16-18H2,1-3H3/t25-/m0/s1. The lowest BCUT2D eigenvalue weighted by Gasteiger charge is -2.34. The summed E-state index contributed by atoms with van der Waals surface area (Å²) in [5.41, 5.74) is 3.18. The Balaban J connectivity index is 1.68. The minimum atomic E-state index is -4.01. The average Bonchev–Trinajstić information content (AvgIpc) is 2.88. The first kappa shape index (κ1) is 25.4. The lowest BCUT2D eigenvalue weighted by molar-refractivity contribution is -0.148. The molecule has 1 aliphatic heterocycles. The number of benzene rings is 3. The molecule has 1 heterocycles. The van der Waals surface area contributed by atoms with Gasteiger partial charge in [0, 0.05) is 6.54 Å². The minimum absolute atomic E-state index is 0.00858. The Morgan fingerprint density at radius 2 is 1.58 bits per heavy atom. The summed E-state index contributed by atoms with van der Waals surface area (Å²) in [6.07, 6.45) is -1.02. The molecule has 0 spiro atoms. The van der Waals surface area contributed by atoms with Crippen molar-refractivity contribution in [3.63, 3.8) is 0 Å². The van der Waals surface area contributed by atoms with Gasteiger partial charge in [-0.15, -0.1) is 0 Å². The Hall–Kier alpha value is -3.69. The van der Waals surface area contributed by atoms with Gasteiger partial charge >= 0.3 is 5.97 Å². The molecule has 36 heavy (non-hydrogen) atoms. The molecule has 0 saturated carbocycles. The Kier molecular flexibility index (Phi) is 7.42. The highest BCUT2D eigenvalue weighted by atomic mass is 32.2. The molecule has 0 bridgehead atoms. The third-order valence-corrected chi connectivity index (χ3v) is 7.79. The summed E-state index contributed by atoms with van der Waals surface area (Å²) < 4.78 is 39.0. The normalized spacial score (nSPS) is 15.2. The first-order valence-corrected chi connectivity index (χ1v) is 12.9. The number of rotatable bonds is 7. The number of methoxy groups -OCH3 is 1. The Morgan fingerprint density at radius 1 is 0.972 bits per heavy atom. The van der Waals surface area contributed by atoms with Gasteiger partial charge < -0.3 is 14.4 Å². The number of hydrogen-bond donors (Lipinski definition) is 0.